The first kappa shape index (κ1) is 16.1. The molecule has 3 rings (SSSR count). The maximum Gasteiger partial charge on any atom is 0.272 e. The average molecular weight is 338 g/mol. The van der Waals surface area contributed by atoms with E-state index in [1.165, 1.54) is 6.20 Å². The zero-order chi connectivity index (χ0) is 16.9. The minimum absolute atomic E-state index is 0.272. The summed E-state index contributed by atoms with van der Waals surface area (Å²) in [4.78, 5) is 20.8. The third-order valence-electron chi connectivity index (χ3n) is 3.63. The molecule has 0 saturated heterocycles. The van der Waals surface area contributed by atoms with Crippen molar-refractivity contribution < 1.29 is 4.79 Å². The van der Waals surface area contributed by atoms with Crippen LogP contribution in [0, 0.1) is 6.92 Å². The van der Waals surface area contributed by atoms with Gasteiger partial charge in [0.2, 0.25) is 0 Å². The molecule has 0 saturated carbocycles. The first-order chi connectivity index (χ1) is 11.6. The van der Waals surface area contributed by atoms with Crippen LogP contribution in [0.25, 0.3) is 0 Å². The van der Waals surface area contributed by atoms with Crippen LogP contribution in [0.5, 0.6) is 0 Å². The van der Waals surface area contributed by atoms with Gasteiger partial charge in [-0.3, -0.25) is 9.78 Å². The van der Waals surface area contributed by atoms with Gasteiger partial charge >= 0.3 is 0 Å². The Morgan fingerprint density at radius 1 is 0.958 bits per heavy atom. The van der Waals surface area contributed by atoms with Gasteiger partial charge < -0.3 is 5.32 Å². The molecule has 0 aliphatic heterocycles. The minimum Gasteiger partial charge on any atom is -0.340 e. The Morgan fingerprint density at radius 3 is 2.25 bits per heavy atom. The van der Waals surface area contributed by atoms with Crippen molar-refractivity contribution in [1.82, 2.24) is 15.3 Å². The number of halogens is 1. The summed E-state index contributed by atoms with van der Waals surface area (Å²) in [6.45, 7) is 1.83. The zero-order valence-electron chi connectivity index (χ0n) is 13.1. The van der Waals surface area contributed by atoms with Crippen LogP contribution in [-0.4, -0.2) is 15.9 Å². The van der Waals surface area contributed by atoms with E-state index in [1.54, 1.807) is 6.20 Å². The van der Waals surface area contributed by atoms with Crippen LogP contribution >= 0.6 is 11.6 Å². The fraction of sp³-hybridized carbons (Fsp3) is 0.105. The zero-order valence-corrected chi connectivity index (χ0v) is 13.9. The number of carbonyl (C=O) groups excluding carboxylic acids is 1. The van der Waals surface area contributed by atoms with Gasteiger partial charge in [0, 0.05) is 11.2 Å². The second kappa shape index (κ2) is 7.23. The Kier molecular flexibility index (Phi) is 4.87. The molecule has 0 fully saturated rings. The molecule has 0 bridgehead atoms. The molecule has 0 radical (unpaired) electrons. The fourth-order valence-corrected chi connectivity index (χ4v) is 2.50. The number of nitrogens with one attached hydrogen (secondary N) is 1. The van der Waals surface area contributed by atoms with Gasteiger partial charge in [-0.1, -0.05) is 54.1 Å². The summed E-state index contributed by atoms with van der Waals surface area (Å²) in [6, 6.07) is 16.9. The largest absolute Gasteiger partial charge is 0.340 e. The molecule has 0 aliphatic rings. The van der Waals surface area contributed by atoms with E-state index in [0.717, 1.165) is 16.8 Å². The van der Waals surface area contributed by atoms with Gasteiger partial charge in [-0.2, -0.15) is 0 Å². The number of rotatable bonds is 4. The van der Waals surface area contributed by atoms with Crippen molar-refractivity contribution in [1.29, 1.82) is 0 Å². The number of carbonyl (C=O) groups is 1. The van der Waals surface area contributed by atoms with E-state index in [9.17, 15) is 4.79 Å². The van der Waals surface area contributed by atoms with Crippen molar-refractivity contribution in [3.8, 4) is 0 Å². The Bertz CT molecular complexity index is 817. The van der Waals surface area contributed by atoms with E-state index in [-0.39, 0.29) is 17.6 Å². The normalized spacial score (nSPS) is 11.8. The highest BCUT2D eigenvalue weighted by Crippen LogP contribution is 2.23. The molecule has 5 heteroatoms. The predicted octanol–water partition coefficient (Wildman–Crippen LogP) is 3.96. The molecule has 1 amide bonds. The molecule has 1 aromatic heterocycles. The summed E-state index contributed by atoms with van der Waals surface area (Å²) in [5, 5.41) is 3.67. The van der Waals surface area contributed by atoms with E-state index in [4.69, 9.17) is 11.6 Å². The van der Waals surface area contributed by atoms with E-state index >= 15 is 0 Å². The van der Waals surface area contributed by atoms with Gasteiger partial charge in [0.1, 0.15) is 5.69 Å². The number of aromatic nitrogens is 2. The standard InChI is InChI=1S/C19H16ClN3O/c1-13-11-22-17(12-21-13)19(24)23-18(14-5-3-2-4-6-14)15-7-9-16(20)10-8-15/h2-12,18H,1H3,(H,23,24). The number of amides is 1. The number of hydrogen-bond donors (Lipinski definition) is 1. The van der Waals surface area contributed by atoms with Crippen LogP contribution in [0.2, 0.25) is 5.02 Å². The summed E-state index contributed by atoms with van der Waals surface area (Å²) in [6.07, 6.45) is 3.06. The number of hydrogen-bond acceptors (Lipinski definition) is 3. The first-order valence-corrected chi connectivity index (χ1v) is 7.91. The van der Waals surface area contributed by atoms with Crippen molar-refractivity contribution in [3.05, 3.63) is 94.5 Å². The van der Waals surface area contributed by atoms with Gasteiger partial charge in [-0.25, -0.2) is 4.98 Å². The molecule has 0 spiro atoms. The van der Waals surface area contributed by atoms with Gasteiger partial charge in [-0.15, -0.1) is 0 Å². The molecule has 4 nitrogen and oxygen atoms in total. The molecule has 0 aliphatic carbocycles. The highest BCUT2D eigenvalue weighted by Gasteiger charge is 2.18. The van der Waals surface area contributed by atoms with Gasteiger partial charge in [0.05, 0.1) is 17.9 Å². The van der Waals surface area contributed by atoms with Crippen LogP contribution in [0.15, 0.2) is 67.0 Å². The lowest BCUT2D eigenvalue weighted by molar-refractivity contribution is 0.0937. The smallest absolute Gasteiger partial charge is 0.272 e. The molecule has 120 valence electrons. The topological polar surface area (TPSA) is 54.9 Å². The first-order valence-electron chi connectivity index (χ1n) is 7.53. The predicted molar refractivity (Wildman–Crippen MR) is 94.0 cm³/mol. The lowest BCUT2D eigenvalue weighted by atomic mass is 9.98. The van der Waals surface area contributed by atoms with E-state index in [2.05, 4.69) is 15.3 Å². The Hall–Kier alpha value is -2.72. The third-order valence-corrected chi connectivity index (χ3v) is 3.88. The average Bonchev–Trinajstić information content (AvgIpc) is 2.62. The number of aryl methyl sites for hydroxylation is 1. The molecule has 1 atom stereocenters. The Labute approximate surface area is 145 Å². The SMILES string of the molecule is Cc1cnc(C(=O)NC(c2ccccc2)c2ccc(Cl)cc2)cn1. The van der Waals surface area contributed by atoms with Crippen molar-refractivity contribution in [2.24, 2.45) is 0 Å². The molecule has 3 aromatic rings. The van der Waals surface area contributed by atoms with E-state index < -0.39 is 0 Å². The maximum atomic E-state index is 12.5. The quantitative estimate of drug-likeness (QED) is 0.784. The van der Waals surface area contributed by atoms with Gasteiger partial charge in [0.25, 0.3) is 5.91 Å². The maximum absolute atomic E-state index is 12.5. The number of nitrogens with zero attached hydrogens (tertiary/aromatic N) is 2. The van der Waals surface area contributed by atoms with E-state index in [0.29, 0.717) is 5.02 Å². The van der Waals surface area contributed by atoms with Crippen LogP contribution in [0.1, 0.15) is 33.4 Å². The molecule has 2 aromatic carbocycles. The fourth-order valence-electron chi connectivity index (χ4n) is 2.37. The molecular formula is C19H16ClN3O. The molecular weight excluding hydrogens is 322 g/mol. The van der Waals surface area contributed by atoms with Crippen LogP contribution in [0.3, 0.4) is 0 Å². The summed E-state index contributed by atoms with van der Waals surface area (Å²) in [5.41, 5.74) is 2.98. The van der Waals surface area contributed by atoms with Crippen LogP contribution in [-0.2, 0) is 0 Å². The molecule has 24 heavy (non-hydrogen) atoms. The molecule has 1 unspecified atom stereocenters. The van der Waals surface area contributed by atoms with E-state index in [1.807, 2.05) is 61.5 Å². The summed E-state index contributed by atoms with van der Waals surface area (Å²) in [5.74, 6) is -0.272. The van der Waals surface area contributed by atoms with Gasteiger partial charge in [0.15, 0.2) is 0 Å². The monoisotopic (exact) mass is 337 g/mol. The molecule has 1 heterocycles. The second-order valence-corrected chi connectivity index (χ2v) is 5.85. The highest BCUT2D eigenvalue weighted by atomic mass is 35.5. The second-order valence-electron chi connectivity index (χ2n) is 5.41. The Morgan fingerprint density at radius 2 is 1.62 bits per heavy atom. The van der Waals surface area contributed by atoms with Crippen molar-refractivity contribution >= 4 is 17.5 Å². The van der Waals surface area contributed by atoms with Crippen molar-refractivity contribution in [2.75, 3.05) is 0 Å². The lowest BCUT2D eigenvalue weighted by Crippen LogP contribution is -2.30. The lowest BCUT2D eigenvalue weighted by Gasteiger charge is -2.19. The van der Waals surface area contributed by atoms with Crippen LogP contribution < -0.4 is 5.32 Å². The Balaban J connectivity index is 1.91. The summed E-state index contributed by atoms with van der Waals surface area (Å²) in [7, 11) is 0. The van der Waals surface area contributed by atoms with Crippen LogP contribution in [0.4, 0.5) is 0 Å². The minimum atomic E-state index is -0.293. The third kappa shape index (κ3) is 3.78. The van der Waals surface area contributed by atoms with Crippen molar-refractivity contribution in [3.63, 3.8) is 0 Å². The van der Waals surface area contributed by atoms with Crippen molar-refractivity contribution in [2.45, 2.75) is 13.0 Å². The highest BCUT2D eigenvalue weighted by molar-refractivity contribution is 6.30. The molecule has 1 N–H and O–H groups in total. The summed E-state index contributed by atoms with van der Waals surface area (Å²) < 4.78 is 0. The summed E-state index contributed by atoms with van der Waals surface area (Å²) >= 11 is 5.97. The van der Waals surface area contributed by atoms with Gasteiger partial charge in [-0.05, 0) is 30.2 Å². The number of benzene rings is 2.